The first kappa shape index (κ1) is 17.7. The van der Waals surface area contributed by atoms with Crippen molar-refractivity contribution in [2.75, 3.05) is 6.54 Å². The number of carbonyl (C=O) groups excluding carboxylic acids is 1. The molecule has 6 heteroatoms. The number of hydrogen-bond acceptors (Lipinski definition) is 4. The van der Waals surface area contributed by atoms with Gasteiger partial charge in [-0.2, -0.15) is 0 Å². The number of thiophene rings is 1. The summed E-state index contributed by atoms with van der Waals surface area (Å²) in [6.45, 7) is 2.73. The van der Waals surface area contributed by atoms with E-state index in [1.165, 1.54) is 11.3 Å². The molecule has 0 aromatic carbocycles. The van der Waals surface area contributed by atoms with Crippen molar-refractivity contribution in [3.05, 3.63) is 22.4 Å². The van der Waals surface area contributed by atoms with E-state index in [2.05, 4.69) is 12.2 Å². The van der Waals surface area contributed by atoms with Gasteiger partial charge in [0.15, 0.2) is 0 Å². The van der Waals surface area contributed by atoms with Crippen molar-refractivity contribution in [1.29, 1.82) is 0 Å². The predicted octanol–water partition coefficient (Wildman–Crippen LogP) is 2.54. The maximum absolute atomic E-state index is 12.0. The number of carbonyl (C=O) groups is 2. The Hall–Kier alpha value is -1.40. The molecule has 21 heavy (non-hydrogen) atoms. The summed E-state index contributed by atoms with van der Waals surface area (Å²) >= 11 is 1.46. The lowest BCUT2D eigenvalue weighted by Gasteiger charge is -2.17. The predicted molar refractivity (Wildman–Crippen MR) is 84.1 cm³/mol. The lowest BCUT2D eigenvalue weighted by Crippen LogP contribution is -2.30. The minimum absolute atomic E-state index is 0.0910. The number of rotatable bonds is 10. The molecule has 2 atom stereocenters. The summed E-state index contributed by atoms with van der Waals surface area (Å²) in [5.74, 6) is -0.547. The smallest absolute Gasteiger partial charge is 0.305 e. The highest BCUT2D eigenvalue weighted by atomic mass is 32.1. The maximum Gasteiger partial charge on any atom is 0.305 e. The van der Waals surface area contributed by atoms with Gasteiger partial charge in [0.2, 0.25) is 5.91 Å². The minimum Gasteiger partial charge on any atom is -0.481 e. The topological polar surface area (TPSA) is 92.4 Å². The zero-order valence-corrected chi connectivity index (χ0v) is 13.2. The van der Waals surface area contributed by atoms with E-state index in [9.17, 15) is 9.59 Å². The molecule has 0 saturated carbocycles. The van der Waals surface area contributed by atoms with Crippen molar-refractivity contribution < 1.29 is 14.7 Å². The fraction of sp³-hybridized carbons (Fsp3) is 0.600. The molecule has 4 N–H and O–H groups in total. The van der Waals surface area contributed by atoms with Crippen molar-refractivity contribution in [2.24, 2.45) is 11.7 Å². The van der Waals surface area contributed by atoms with Crippen LogP contribution in [0.2, 0.25) is 0 Å². The highest BCUT2D eigenvalue weighted by molar-refractivity contribution is 7.10. The van der Waals surface area contributed by atoms with E-state index in [0.29, 0.717) is 18.9 Å². The van der Waals surface area contributed by atoms with E-state index in [-0.39, 0.29) is 12.3 Å². The van der Waals surface area contributed by atoms with Crippen LogP contribution >= 0.6 is 11.3 Å². The zero-order chi connectivity index (χ0) is 15.7. The van der Waals surface area contributed by atoms with Crippen LogP contribution in [0.5, 0.6) is 0 Å². The molecule has 0 spiro atoms. The Bertz CT molecular complexity index is 434. The van der Waals surface area contributed by atoms with Gasteiger partial charge < -0.3 is 16.2 Å². The summed E-state index contributed by atoms with van der Waals surface area (Å²) in [6.07, 6.45) is 3.05. The second-order valence-electron chi connectivity index (χ2n) is 5.12. The minimum atomic E-state index is -0.914. The van der Waals surface area contributed by atoms with Gasteiger partial charge >= 0.3 is 5.97 Å². The van der Waals surface area contributed by atoms with Gasteiger partial charge in [0.25, 0.3) is 0 Å². The monoisotopic (exact) mass is 312 g/mol. The van der Waals surface area contributed by atoms with Crippen LogP contribution in [-0.4, -0.2) is 23.5 Å². The second kappa shape index (κ2) is 9.52. The van der Waals surface area contributed by atoms with Gasteiger partial charge in [-0.1, -0.05) is 19.4 Å². The number of nitrogens with two attached hydrogens (primary N) is 1. The van der Waals surface area contributed by atoms with Gasteiger partial charge in [0.1, 0.15) is 0 Å². The van der Waals surface area contributed by atoms with Gasteiger partial charge in [-0.15, -0.1) is 11.3 Å². The van der Waals surface area contributed by atoms with Crippen molar-refractivity contribution in [2.45, 2.75) is 45.1 Å². The van der Waals surface area contributed by atoms with Crippen LogP contribution in [0.3, 0.4) is 0 Å². The van der Waals surface area contributed by atoms with Crippen molar-refractivity contribution in [3.8, 4) is 0 Å². The van der Waals surface area contributed by atoms with Gasteiger partial charge in [0, 0.05) is 11.3 Å². The average molecular weight is 312 g/mol. The average Bonchev–Trinajstić information content (AvgIpc) is 2.96. The van der Waals surface area contributed by atoms with E-state index in [1.807, 2.05) is 17.5 Å². The van der Waals surface area contributed by atoms with Crippen LogP contribution in [0.4, 0.5) is 0 Å². The van der Waals surface area contributed by atoms with Crippen LogP contribution < -0.4 is 11.1 Å². The van der Waals surface area contributed by atoms with Crippen LogP contribution in [0, 0.1) is 5.92 Å². The first-order chi connectivity index (χ1) is 10.1. The summed E-state index contributed by atoms with van der Waals surface area (Å²) in [7, 11) is 0. The molecule has 0 aliphatic carbocycles. The molecule has 1 amide bonds. The van der Waals surface area contributed by atoms with E-state index < -0.39 is 12.0 Å². The summed E-state index contributed by atoms with van der Waals surface area (Å²) in [5.41, 5.74) is 5.55. The molecule has 0 aliphatic heterocycles. The van der Waals surface area contributed by atoms with Crippen LogP contribution in [0.25, 0.3) is 0 Å². The molecule has 0 aliphatic rings. The summed E-state index contributed by atoms with van der Waals surface area (Å²) in [4.78, 5) is 23.8. The molecule has 0 saturated heterocycles. The van der Waals surface area contributed by atoms with Crippen molar-refractivity contribution >= 4 is 23.2 Å². The van der Waals surface area contributed by atoms with Gasteiger partial charge in [-0.25, -0.2) is 0 Å². The summed E-state index contributed by atoms with van der Waals surface area (Å²) in [5, 5.41) is 13.7. The molecule has 0 radical (unpaired) electrons. The van der Waals surface area contributed by atoms with Gasteiger partial charge in [0.05, 0.1) is 12.5 Å². The van der Waals surface area contributed by atoms with Gasteiger partial charge in [-0.05, 0) is 36.8 Å². The third kappa shape index (κ3) is 6.73. The Labute approximate surface area is 129 Å². The molecular formula is C15H24N2O3S. The Morgan fingerprint density at radius 2 is 2.19 bits per heavy atom. The maximum atomic E-state index is 12.0. The molecule has 0 bridgehead atoms. The lowest BCUT2D eigenvalue weighted by molar-refractivity contribution is -0.137. The molecule has 1 aromatic heterocycles. The van der Waals surface area contributed by atoms with Gasteiger partial charge in [-0.3, -0.25) is 9.59 Å². The molecule has 5 nitrogen and oxygen atoms in total. The fourth-order valence-corrected chi connectivity index (χ4v) is 3.05. The number of aliphatic carboxylic acids is 1. The van der Waals surface area contributed by atoms with Crippen LogP contribution in [-0.2, 0) is 9.59 Å². The normalized spacial score (nSPS) is 13.6. The van der Waals surface area contributed by atoms with Crippen molar-refractivity contribution in [1.82, 2.24) is 5.32 Å². The van der Waals surface area contributed by atoms with Crippen LogP contribution in [0.1, 0.15) is 49.9 Å². The van der Waals surface area contributed by atoms with E-state index in [4.69, 9.17) is 10.8 Å². The number of hydrogen-bond donors (Lipinski definition) is 3. The number of nitrogens with one attached hydrogen (secondary N) is 1. The Morgan fingerprint density at radius 3 is 2.71 bits per heavy atom. The number of carboxylic acids is 1. The molecule has 1 aromatic rings. The summed E-state index contributed by atoms with van der Waals surface area (Å²) < 4.78 is 0. The lowest BCUT2D eigenvalue weighted by atomic mass is 9.96. The molecule has 2 unspecified atom stereocenters. The third-order valence-corrected chi connectivity index (χ3v) is 4.52. The molecule has 1 heterocycles. The first-order valence-electron chi connectivity index (χ1n) is 7.31. The second-order valence-corrected chi connectivity index (χ2v) is 6.10. The quantitative estimate of drug-likeness (QED) is 0.619. The highest BCUT2D eigenvalue weighted by Gasteiger charge is 2.19. The molecule has 0 fully saturated rings. The third-order valence-electron chi connectivity index (χ3n) is 3.53. The largest absolute Gasteiger partial charge is 0.481 e. The Kier molecular flexibility index (Phi) is 8.00. The number of carboxylic acid groups (broad SMARTS) is 1. The summed E-state index contributed by atoms with van der Waals surface area (Å²) in [6, 6.07) is 3.27. The van der Waals surface area contributed by atoms with E-state index in [0.717, 1.165) is 24.1 Å². The number of amides is 1. The standard InChI is InChI=1S/C15H24N2O3S/c1-2-11(7-8-16)5-6-14(18)17-12(10-15(19)20)13-4-3-9-21-13/h3-4,9,11-12H,2,5-8,10,16H2,1H3,(H,17,18)(H,19,20). The zero-order valence-electron chi connectivity index (χ0n) is 12.4. The first-order valence-corrected chi connectivity index (χ1v) is 8.19. The molecular weight excluding hydrogens is 288 g/mol. The molecule has 1 rings (SSSR count). The van der Waals surface area contributed by atoms with E-state index >= 15 is 0 Å². The Balaban J connectivity index is 2.50. The van der Waals surface area contributed by atoms with Crippen molar-refractivity contribution in [3.63, 3.8) is 0 Å². The highest BCUT2D eigenvalue weighted by Crippen LogP contribution is 2.22. The van der Waals surface area contributed by atoms with E-state index in [1.54, 1.807) is 0 Å². The van der Waals surface area contributed by atoms with Crippen LogP contribution in [0.15, 0.2) is 17.5 Å². The SMILES string of the molecule is CCC(CCN)CCC(=O)NC(CC(=O)O)c1cccs1. The Morgan fingerprint density at radius 1 is 1.43 bits per heavy atom. The molecule has 118 valence electrons. The fourth-order valence-electron chi connectivity index (χ4n) is 2.28.